The van der Waals surface area contributed by atoms with Gasteiger partial charge in [0, 0.05) is 31.3 Å². The minimum Gasteiger partial charge on any atom is -0.508 e. The number of aromatic amines is 1. The fourth-order valence-electron chi connectivity index (χ4n) is 4.59. The van der Waals surface area contributed by atoms with Crippen LogP contribution in [-0.4, -0.2) is 86.0 Å². The SMILES string of the molecule is NCCCCC(NC(=O)C(N)Cc1cnc[nH]1)C(=O)N1CCCC1C(=O)NC(Cc1ccc(O)cc1)C(=O)O. The molecule has 0 radical (unpaired) electrons. The molecule has 1 fully saturated rings. The third-order valence-corrected chi connectivity index (χ3v) is 6.72. The summed E-state index contributed by atoms with van der Waals surface area (Å²) in [7, 11) is 0. The molecule has 2 aromatic rings. The standard InChI is InChI=1S/C26H37N7O6/c27-10-2-1-4-20(31-23(35)19(28)13-17-14-29-15-30-17)25(37)33-11-3-5-22(33)24(36)32-21(26(38)39)12-16-6-8-18(34)9-7-16/h6-9,14-15,19-22,34H,1-5,10-13,27-28H2,(H,29,30)(H,31,35)(H,32,36)(H,38,39). The first-order chi connectivity index (χ1) is 18.7. The van der Waals surface area contributed by atoms with E-state index in [-0.39, 0.29) is 18.6 Å². The van der Waals surface area contributed by atoms with Gasteiger partial charge < -0.3 is 42.2 Å². The number of hydrogen-bond donors (Lipinski definition) is 7. The number of rotatable bonds is 14. The number of nitrogens with two attached hydrogens (primary N) is 2. The van der Waals surface area contributed by atoms with Gasteiger partial charge >= 0.3 is 5.97 Å². The molecule has 1 aromatic carbocycles. The number of carboxylic acids is 1. The molecule has 13 heteroatoms. The lowest BCUT2D eigenvalue weighted by atomic mass is 10.0. The first-order valence-corrected chi connectivity index (χ1v) is 13.0. The number of aromatic nitrogens is 2. The van der Waals surface area contributed by atoms with Gasteiger partial charge in [-0.2, -0.15) is 0 Å². The Morgan fingerprint density at radius 3 is 2.49 bits per heavy atom. The number of H-pyrrole nitrogens is 1. The molecule has 1 aromatic heterocycles. The highest BCUT2D eigenvalue weighted by molar-refractivity contribution is 5.94. The highest BCUT2D eigenvalue weighted by atomic mass is 16.4. The maximum Gasteiger partial charge on any atom is 0.326 e. The van der Waals surface area contributed by atoms with E-state index in [2.05, 4.69) is 20.6 Å². The normalized spacial score (nSPS) is 17.3. The first-order valence-electron chi connectivity index (χ1n) is 13.0. The molecule has 3 rings (SSSR count). The molecule has 0 aliphatic carbocycles. The van der Waals surface area contributed by atoms with Gasteiger partial charge in [-0.05, 0) is 56.3 Å². The molecule has 0 spiro atoms. The first kappa shape index (κ1) is 29.6. The molecular weight excluding hydrogens is 506 g/mol. The van der Waals surface area contributed by atoms with Gasteiger partial charge in [0.05, 0.1) is 12.4 Å². The van der Waals surface area contributed by atoms with E-state index in [0.29, 0.717) is 56.5 Å². The van der Waals surface area contributed by atoms with Crippen LogP contribution in [0.3, 0.4) is 0 Å². The Hall–Kier alpha value is -3.97. The summed E-state index contributed by atoms with van der Waals surface area (Å²) in [6, 6.07) is 2.12. The van der Waals surface area contributed by atoms with Gasteiger partial charge in [0.2, 0.25) is 17.7 Å². The Morgan fingerprint density at radius 2 is 1.85 bits per heavy atom. The fraction of sp³-hybridized carbons (Fsp3) is 0.500. The summed E-state index contributed by atoms with van der Waals surface area (Å²) in [4.78, 5) is 59.7. The Balaban J connectivity index is 1.67. The van der Waals surface area contributed by atoms with Crippen LogP contribution >= 0.6 is 0 Å². The van der Waals surface area contributed by atoms with E-state index >= 15 is 0 Å². The number of imidazole rings is 1. The lowest BCUT2D eigenvalue weighted by Gasteiger charge is -2.30. The largest absolute Gasteiger partial charge is 0.508 e. The number of amides is 3. The Bertz CT molecular complexity index is 1110. The zero-order chi connectivity index (χ0) is 28.4. The van der Waals surface area contributed by atoms with E-state index in [9.17, 15) is 29.4 Å². The van der Waals surface area contributed by atoms with E-state index in [1.54, 1.807) is 18.3 Å². The van der Waals surface area contributed by atoms with Crippen molar-refractivity contribution in [3.05, 3.63) is 48.0 Å². The number of benzene rings is 1. The van der Waals surface area contributed by atoms with Crippen LogP contribution in [0.4, 0.5) is 0 Å². The molecule has 0 saturated carbocycles. The number of aromatic hydroxyl groups is 1. The van der Waals surface area contributed by atoms with Crippen LogP contribution in [0, 0.1) is 0 Å². The number of nitrogens with one attached hydrogen (secondary N) is 3. The number of carbonyl (C=O) groups is 4. The number of unbranched alkanes of at least 4 members (excludes halogenated alkanes) is 1. The van der Waals surface area contributed by atoms with E-state index < -0.39 is 47.9 Å². The summed E-state index contributed by atoms with van der Waals surface area (Å²) in [5.41, 5.74) is 13.0. The Morgan fingerprint density at radius 1 is 1.10 bits per heavy atom. The van der Waals surface area contributed by atoms with Crippen molar-refractivity contribution in [2.75, 3.05) is 13.1 Å². The van der Waals surface area contributed by atoms with Crippen LogP contribution in [0.5, 0.6) is 5.75 Å². The highest BCUT2D eigenvalue weighted by Crippen LogP contribution is 2.21. The monoisotopic (exact) mass is 543 g/mol. The smallest absolute Gasteiger partial charge is 0.326 e. The summed E-state index contributed by atoms with van der Waals surface area (Å²) in [5, 5.41) is 24.4. The minimum atomic E-state index is -1.22. The number of carboxylic acid groups (broad SMARTS) is 1. The Kier molecular flexibility index (Phi) is 10.8. The Labute approximate surface area is 226 Å². The number of carbonyl (C=O) groups excluding carboxylic acids is 3. The van der Waals surface area contributed by atoms with Crippen molar-refractivity contribution in [2.45, 2.75) is 69.1 Å². The molecule has 1 saturated heterocycles. The van der Waals surface area contributed by atoms with Crippen molar-refractivity contribution in [3.8, 4) is 5.75 Å². The number of nitrogens with zero attached hydrogens (tertiary/aromatic N) is 2. The molecule has 4 atom stereocenters. The molecule has 39 heavy (non-hydrogen) atoms. The molecule has 4 unspecified atom stereocenters. The van der Waals surface area contributed by atoms with Crippen LogP contribution in [0.1, 0.15) is 43.4 Å². The number of aliphatic carboxylic acids is 1. The van der Waals surface area contributed by atoms with Gasteiger partial charge in [0.25, 0.3) is 0 Å². The molecule has 9 N–H and O–H groups in total. The maximum atomic E-state index is 13.6. The third-order valence-electron chi connectivity index (χ3n) is 6.72. The number of phenolic OH excluding ortho intramolecular Hbond substituents is 1. The van der Waals surface area contributed by atoms with Gasteiger partial charge in [-0.15, -0.1) is 0 Å². The summed E-state index contributed by atoms with van der Waals surface area (Å²) >= 11 is 0. The van der Waals surface area contributed by atoms with Crippen molar-refractivity contribution < 1.29 is 29.4 Å². The molecule has 1 aliphatic heterocycles. The molecule has 1 aliphatic rings. The molecule has 2 heterocycles. The second kappa shape index (κ2) is 14.3. The maximum absolute atomic E-state index is 13.6. The number of hydrogen-bond acceptors (Lipinski definition) is 8. The van der Waals surface area contributed by atoms with E-state index in [1.165, 1.54) is 23.4 Å². The highest BCUT2D eigenvalue weighted by Gasteiger charge is 2.39. The van der Waals surface area contributed by atoms with Gasteiger partial charge in [-0.25, -0.2) is 9.78 Å². The van der Waals surface area contributed by atoms with Crippen LogP contribution in [0.2, 0.25) is 0 Å². The van der Waals surface area contributed by atoms with Gasteiger partial charge in [0.15, 0.2) is 0 Å². The van der Waals surface area contributed by atoms with Gasteiger partial charge in [-0.3, -0.25) is 14.4 Å². The van der Waals surface area contributed by atoms with Crippen LogP contribution in [0.15, 0.2) is 36.8 Å². The third kappa shape index (κ3) is 8.52. The number of phenols is 1. The van der Waals surface area contributed by atoms with Gasteiger partial charge in [0.1, 0.15) is 23.9 Å². The molecule has 212 valence electrons. The van der Waals surface area contributed by atoms with E-state index in [1.807, 2.05) is 0 Å². The topological polar surface area (TPSA) is 217 Å². The lowest BCUT2D eigenvalue weighted by Crippen LogP contribution is -2.57. The second-order valence-electron chi connectivity index (χ2n) is 9.69. The zero-order valence-corrected chi connectivity index (χ0v) is 21.7. The second-order valence-corrected chi connectivity index (χ2v) is 9.69. The van der Waals surface area contributed by atoms with Crippen LogP contribution in [-0.2, 0) is 32.0 Å². The number of likely N-dealkylation sites (tertiary alicyclic amines) is 1. The zero-order valence-electron chi connectivity index (χ0n) is 21.7. The minimum absolute atomic E-state index is 0.00795. The predicted molar refractivity (Wildman–Crippen MR) is 141 cm³/mol. The molecular formula is C26H37N7O6. The van der Waals surface area contributed by atoms with Crippen molar-refractivity contribution in [1.82, 2.24) is 25.5 Å². The van der Waals surface area contributed by atoms with Crippen molar-refractivity contribution in [3.63, 3.8) is 0 Å². The van der Waals surface area contributed by atoms with Crippen molar-refractivity contribution in [1.29, 1.82) is 0 Å². The van der Waals surface area contributed by atoms with E-state index in [4.69, 9.17) is 11.5 Å². The quantitative estimate of drug-likeness (QED) is 0.151. The average Bonchev–Trinajstić information content (AvgIpc) is 3.61. The summed E-state index contributed by atoms with van der Waals surface area (Å²) in [6.07, 6.45) is 5.75. The fourth-order valence-corrected chi connectivity index (χ4v) is 4.59. The summed E-state index contributed by atoms with van der Waals surface area (Å²) in [6.45, 7) is 0.733. The van der Waals surface area contributed by atoms with Crippen LogP contribution in [0.25, 0.3) is 0 Å². The van der Waals surface area contributed by atoms with E-state index in [0.717, 1.165) is 0 Å². The summed E-state index contributed by atoms with van der Waals surface area (Å²) < 4.78 is 0. The average molecular weight is 544 g/mol. The van der Waals surface area contributed by atoms with Crippen molar-refractivity contribution in [2.24, 2.45) is 11.5 Å². The lowest BCUT2D eigenvalue weighted by molar-refractivity contribution is -0.145. The predicted octanol–water partition coefficient (Wildman–Crippen LogP) is -0.598. The molecule has 0 bridgehead atoms. The van der Waals surface area contributed by atoms with Crippen LogP contribution < -0.4 is 22.1 Å². The summed E-state index contributed by atoms with van der Waals surface area (Å²) in [5.74, 6) is -2.67. The van der Waals surface area contributed by atoms with Crippen molar-refractivity contribution >= 4 is 23.7 Å². The molecule has 13 nitrogen and oxygen atoms in total. The molecule has 3 amide bonds. The van der Waals surface area contributed by atoms with Gasteiger partial charge in [-0.1, -0.05) is 12.1 Å².